The monoisotopic (exact) mass is 464 g/mol. The highest BCUT2D eigenvalue weighted by Crippen LogP contribution is 2.39. The van der Waals surface area contributed by atoms with Crippen LogP contribution in [0.25, 0.3) is 16.3 Å². The predicted octanol–water partition coefficient (Wildman–Crippen LogP) is 5.26. The molecule has 32 heavy (non-hydrogen) atoms. The van der Waals surface area contributed by atoms with Gasteiger partial charge in [-0.05, 0) is 60.4 Å². The Kier molecular flexibility index (Phi) is 5.50. The van der Waals surface area contributed by atoms with Gasteiger partial charge >= 0.3 is 0 Å². The molecule has 7 nitrogen and oxygen atoms in total. The van der Waals surface area contributed by atoms with E-state index < -0.39 is 0 Å². The number of hydrogen-bond donors (Lipinski definition) is 1. The molecule has 0 bridgehead atoms. The second-order valence-electron chi connectivity index (χ2n) is 7.22. The van der Waals surface area contributed by atoms with E-state index in [1.807, 2.05) is 65.7 Å². The minimum atomic E-state index is -0.276. The van der Waals surface area contributed by atoms with Gasteiger partial charge < -0.3 is 23.9 Å². The molecule has 5 rings (SSSR count). The van der Waals surface area contributed by atoms with Crippen LogP contribution in [0.2, 0.25) is 0 Å². The lowest BCUT2D eigenvalue weighted by Crippen LogP contribution is -2.45. The normalized spacial score (nSPS) is 16.4. The standard InChI is InChI=1S/C23H20N4O3S2/c1-14-19(22-25-21(26-30-22)18-9-5-11-32-18)20(15-6-3-7-16(12-15)28-2)24-23(31)27(14)13-17-8-4-10-29-17/h3-12,20H,13H2,1-2H3,(H,24,31). The van der Waals surface area contributed by atoms with Crippen molar-refractivity contribution < 1.29 is 13.7 Å². The fourth-order valence-corrected chi connectivity index (χ4v) is 4.69. The second-order valence-corrected chi connectivity index (χ2v) is 8.56. The van der Waals surface area contributed by atoms with Crippen LogP contribution >= 0.6 is 23.6 Å². The summed E-state index contributed by atoms with van der Waals surface area (Å²) in [6.45, 7) is 2.50. The fourth-order valence-electron chi connectivity index (χ4n) is 3.72. The van der Waals surface area contributed by atoms with Crippen LogP contribution < -0.4 is 10.1 Å². The Balaban J connectivity index is 1.61. The summed E-state index contributed by atoms with van der Waals surface area (Å²) >= 11 is 7.30. The Labute approximate surface area is 194 Å². The van der Waals surface area contributed by atoms with Crippen LogP contribution in [0.4, 0.5) is 0 Å². The Morgan fingerprint density at radius 2 is 2.12 bits per heavy atom. The molecule has 0 aliphatic carbocycles. The van der Waals surface area contributed by atoms with Crippen molar-refractivity contribution in [3.05, 3.63) is 83.1 Å². The maximum atomic E-state index is 5.75. The molecule has 1 N–H and O–H groups in total. The van der Waals surface area contributed by atoms with Crippen molar-refractivity contribution in [1.29, 1.82) is 0 Å². The molecule has 0 spiro atoms. The third-order valence-corrected chi connectivity index (χ3v) is 6.52. The first-order valence-corrected chi connectivity index (χ1v) is 11.3. The molecule has 162 valence electrons. The van der Waals surface area contributed by atoms with Gasteiger partial charge in [0.25, 0.3) is 5.89 Å². The average molecular weight is 465 g/mol. The number of hydrogen-bond acceptors (Lipinski definition) is 7. The first kappa shape index (κ1) is 20.5. The molecule has 0 radical (unpaired) electrons. The largest absolute Gasteiger partial charge is 0.497 e. The molecule has 1 aliphatic heterocycles. The predicted molar refractivity (Wildman–Crippen MR) is 126 cm³/mol. The molecule has 4 heterocycles. The summed E-state index contributed by atoms with van der Waals surface area (Å²) in [4.78, 5) is 7.64. The van der Waals surface area contributed by atoms with Crippen LogP contribution in [-0.2, 0) is 6.54 Å². The molecule has 1 atom stereocenters. The minimum Gasteiger partial charge on any atom is -0.497 e. The van der Waals surface area contributed by atoms with Gasteiger partial charge in [0.2, 0.25) is 5.82 Å². The van der Waals surface area contributed by atoms with E-state index in [0.717, 1.165) is 33.2 Å². The van der Waals surface area contributed by atoms with Crippen molar-refractivity contribution in [2.24, 2.45) is 0 Å². The number of nitrogens with one attached hydrogen (secondary N) is 1. The van der Waals surface area contributed by atoms with Gasteiger partial charge in [-0.15, -0.1) is 11.3 Å². The average Bonchev–Trinajstić information content (AvgIpc) is 3.58. The van der Waals surface area contributed by atoms with Crippen molar-refractivity contribution in [3.8, 4) is 16.5 Å². The van der Waals surface area contributed by atoms with Gasteiger partial charge in [0.1, 0.15) is 11.5 Å². The van der Waals surface area contributed by atoms with Gasteiger partial charge in [0, 0.05) is 5.70 Å². The Morgan fingerprint density at radius 1 is 1.22 bits per heavy atom. The van der Waals surface area contributed by atoms with Crippen LogP contribution in [-0.4, -0.2) is 27.3 Å². The molecule has 9 heteroatoms. The van der Waals surface area contributed by atoms with Gasteiger partial charge in [-0.3, -0.25) is 0 Å². The zero-order chi connectivity index (χ0) is 22.1. The lowest BCUT2D eigenvalue weighted by molar-refractivity contribution is 0.382. The molecule has 0 amide bonds. The van der Waals surface area contributed by atoms with E-state index in [9.17, 15) is 0 Å². The Morgan fingerprint density at radius 3 is 2.88 bits per heavy atom. The quantitative estimate of drug-likeness (QED) is 0.387. The van der Waals surface area contributed by atoms with Crippen LogP contribution in [0.3, 0.4) is 0 Å². The molecule has 0 fully saturated rings. The number of rotatable bonds is 6. The zero-order valence-corrected chi connectivity index (χ0v) is 19.1. The van der Waals surface area contributed by atoms with Crippen molar-refractivity contribution in [1.82, 2.24) is 20.4 Å². The molecule has 3 aromatic heterocycles. The van der Waals surface area contributed by atoms with Gasteiger partial charge in [0.15, 0.2) is 5.11 Å². The van der Waals surface area contributed by atoms with Gasteiger partial charge in [-0.25, -0.2) is 0 Å². The molecule has 0 saturated carbocycles. The van der Waals surface area contributed by atoms with E-state index in [4.69, 9.17) is 30.9 Å². The van der Waals surface area contributed by atoms with Crippen molar-refractivity contribution in [2.75, 3.05) is 7.11 Å². The molecular formula is C23H20N4O3S2. The zero-order valence-electron chi connectivity index (χ0n) is 17.4. The van der Waals surface area contributed by atoms with Crippen molar-refractivity contribution in [2.45, 2.75) is 19.5 Å². The van der Waals surface area contributed by atoms with E-state index in [1.165, 1.54) is 0 Å². The van der Waals surface area contributed by atoms with Gasteiger partial charge in [-0.1, -0.05) is 23.4 Å². The number of nitrogens with zero attached hydrogens (tertiary/aromatic N) is 3. The number of furan rings is 1. The lowest BCUT2D eigenvalue weighted by Gasteiger charge is -2.37. The number of benzene rings is 1. The number of thiophene rings is 1. The van der Waals surface area contributed by atoms with E-state index in [2.05, 4.69) is 10.5 Å². The molecule has 1 aromatic carbocycles. The molecule has 4 aromatic rings. The van der Waals surface area contributed by atoms with Gasteiger partial charge in [0.05, 0.1) is 36.4 Å². The number of thiocarbonyl (C=S) groups is 1. The summed E-state index contributed by atoms with van der Waals surface area (Å²) in [5.74, 6) is 2.57. The summed E-state index contributed by atoms with van der Waals surface area (Å²) in [7, 11) is 1.65. The van der Waals surface area contributed by atoms with Crippen LogP contribution in [0, 0.1) is 0 Å². The highest BCUT2D eigenvalue weighted by molar-refractivity contribution is 7.80. The number of aromatic nitrogens is 2. The van der Waals surface area contributed by atoms with Crippen LogP contribution in [0.5, 0.6) is 5.75 Å². The molecular weight excluding hydrogens is 444 g/mol. The maximum absolute atomic E-state index is 5.75. The highest BCUT2D eigenvalue weighted by Gasteiger charge is 2.34. The van der Waals surface area contributed by atoms with E-state index in [0.29, 0.717) is 23.4 Å². The summed E-state index contributed by atoms with van der Waals surface area (Å²) in [5, 5.41) is 10.2. The molecule has 1 aliphatic rings. The SMILES string of the molecule is COc1cccc(C2NC(=S)N(Cc3ccco3)C(C)=C2c2nc(-c3cccs3)no2)c1. The third kappa shape index (κ3) is 3.80. The molecule has 1 unspecified atom stereocenters. The second kappa shape index (κ2) is 8.60. The number of ether oxygens (including phenoxy) is 1. The summed E-state index contributed by atoms with van der Waals surface area (Å²) < 4.78 is 16.7. The maximum Gasteiger partial charge on any atom is 0.258 e. The summed E-state index contributed by atoms with van der Waals surface area (Å²) in [5.41, 5.74) is 2.75. The smallest absolute Gasteiger partial charge is 0.258 e. The van der Waals surface area contributed by atoms with Gasteiger partial charge in [-0.2, -0.15) is 4.98 Å². The Hall–Kier alpha value is -3.43. The minimum absolute atomic E-state index is 0.276. The molecule has 0 saturated heterocycles. The number of allylic oxidation sites excluding steroid dienone is 1. The van der Waals surface area contributed by atoms with Crippen LogP contribution in [0.15, 0.2) is 74.8 Å². The first-order chi connectivity index (χ1) is 15.6. The van der Waals surface area contributed by atoms with E-state index >= 15 is 0 Å². The fraction of sp³-hybridized carbons (Fsp3) is 0.174. The number of methoxy groups -OCH3 is 1. The van der Waals surface area contributed by atoms with E-state index in [1.54, 1.807) is 24.7 Å². The Bertz CT molecular complexity index is 1260. The van der Waals surface area contributed by atoms with Crippen molar-refractivity contribution in [3.63, 3.8) is 0 Å². The lowest BCUT2D eigenvalue weighted by atomic mass is 9.94. The summed E-state index contributed by atoms with van der Waals surface area (Å²) in [6, 6.07) is 15.3. The third-order valence-electron chi connectivity index (χ3n) is 5.32. The highest BCUT2D eigenvalue weighted by atomic mass is 32.1. The van der Waals surface area contributed by atoms with Crippen molar-refractivity contribution >= 4 is 34.2 Å². The summed E-state index contributed by atoms with van der Waals surface area (Å²) in [6.07, 6.45) is 1.65. The van der Waals surface area contributed by atoms with Crippen LogP contribution in [0.1, 0.15) is 30.2 Å². The first-order valence-electron chi connectivity index (χ1n) is 9.97. The van der Waals surface area contributed by atoms with E-state index in [-0.39, 0.29) is 6.04 Å². The topological polar surface area (TPSA) is 76.6 Å².